The number of nitrogens with zero attached hydrogens (tertiary/aromatic N) is 5. The Morgan fingerprint density at radius 3 is 2.59 bits per heavy atom. The van der Waals surface area contributed by atoms with Gasteiger partial charge in [-0.1, -0.05) is 0 Å². The van der Waals surface area contributed by atoms with Crippen molar-refractivity contribution < 1.29 is 4.74 Å². The third-order valence-corrected chi connectivity index (χ3v) is 3.55. The molecule has 0 radical (unpaired) electrons. The molecule has 1 fully saturated rings. The van der Waals surface area contributed by atoms with Crippen LogP contribution >= 0.6 is 0 Å². The van der Waals surface area contributed by atoms with Crippen molar-refractivity contribution in [3.63, 3.8) is 0 Å². The van der Waals surface area contributed by atoms with Crippen LogP contribution in [0.1, 0.15) is 17.8 Å². The molecule has 0 bridgehead atoms. The van der Waals surface area contributed by atoms with E-state index in [1.165, 1.54) is 0 Å². The number of ether oxygens (including phenoxy) is 1. The summed E-state index contributed by atoms with van der Waals surface area (Å²) < 4.78 is 5.93. The molecule has 3 heterocycles. The fourth-order valence-corrected chi connectivity index (χ4v) is 2.50. The number of rotatable bonds is 5. The molecule has 2 aromatic rings. The Kier molecular flexibility index (Phi) is 4.40. The van der Waals surface area contributed by atoms with E-state index in [0.717, 1.165) is 25.1 Å². The maximum Gasteiger partial charge on any atom is 0.225 e. The van der Waals surface area contributed by atoms with Gasteiger partial charge in [0, 0.05) is 25.5 Å². The van der Waals surface area contributed by atoms with E-state index in [2.05, 4.69) is 24.8 Å². The Hall–Kier alpha value is -2.32. The second-order valence-electron chi connectivity index (χ2n) is 5.28. The number of nitrogens with two attached hydrogens (primary N) is 2. The van der Waals surface area contributed by atoms with E-state index in [4.69, 9.17) is 16.2 Å². The summed E-state index contributed by atoms with van der Waals surface area (Å²) in [5, 5.41) is 0. The predicted molar refractivity (Wildman–Crippen MR) is 81.4 cm³/mol. The van der Waals surface area contributed by atoms with E-state index in [1.54, 1.807) is 12.4 Å². The van der Waals surface area contributed by atoms with Crippen molar-refractivity contribution in [2.75, 3.05) is 24.6 Å². The minimum Gasteiger partial charge on any atom is -0.372 e. The van der Waals surface area contributed by atoms with Gasteiger partial charge in [0.1, 0.15) is 5.82 Å². The molecular weight excluding hydrogens is 282 g/mol. The van der Waals surface area contributed by atoms with Crippen molar-refractivity contribution in [1.82, 2.24) is 24.8 Å². The first-order chi connectivity index (χ1) is 10.7. The third kappa shape index (κ3) is 3.86. The van der Waals surface area contributed by atoms with Crippen LogP contribution in [0.15, 0.2) is 24.5 Å². The van der Waals surface area contributed by atoms with E-state index in [1.807, 2.05) is 12.1 Å². The monoisotopic (exact) mass is 301 g/mol. The van der Waals surface area contributed by atoms with E-state index in [-0.39, 0.29) is 18.0 Å². The van der Waals surface area contributed by atoms with Crippen LogP contribution in [0.5, 0.6) is 0 Å². The summed E-state index contributed by atoms with van der Waals surface area (Å²) >= 11 is 0. The van der Waals surface area contributed by atoms with Gasteiger partial charge in [-0.05, 0) is 24.1 Å². The lowest BCUT2D eigenvalue weighted by molar-refractivity contribution is 0.0459. The quantitative estimate of drug-likeness (QED) is 0.805. The average Bonchev–Trinajstić information content (AvgIpc) is 2.93. The van der Waals surface area contributed by atoms with Crippen LogP contribution in [-0.2, 0) is 17.9 Å². The lowest BCUT2D eigenvalue weighted by Gasteiger charge is -2.15. The fourth-order valence-electron chi connectivity index (χ4n) is 2.50. The Morgan fingerprint density at radius 1 is 1.14 bits per heavy atom. The highest BCUT2D eigenvalue weighted by Gasteiger charge is 2.24. The largest absolute Gasteiger partial charge is 0.372 e. The summed E-state index contributed by atoms with van der Waals surface area (Å²) in [6.45, 7) is 2.99. The zero-order chi connectivity index (χ0) is 15.4. The van der Waals surface area contributed by atoms with Gasteiger partial charge >= 0.3 is 0 Å². The first kappa shape index (κ1) is 14.6. The van der Waals surface area contributed by atoms with Crippen LogP contribution in [0, 0.1) is 0 Å². The Labute approximate surface area is 128 Å². The third-order valence-electron chi connectivity index (χ3n) is 3.55. The molecule has 0 aliphatic carbocycles. The number of nitrogen functional groups attached to an aromatic ring is 2. The van der Waals surface area contributed by atoms with Gasteiger partial charge in [-0.2, -0.15) is 15.0 Å². The van der Waals surface area contributed by atoms with Gasteiger partial charge < -0.3 is 16.2 Å². The topological polar surface area (TPSA) is 116 Å². The molecule has 116 valence electrons. The molecule has 1 atom stereocenters. The van der Waals surface area contributed by atoms with Crippen molar-refractivity contribution in [1.29, 1.82) is 0 Å². The maximum atomic E-state index is 5.93. The SMILES string of the molecule is Nc1nc(N)nc(CN2CCC(OCc3ccncc3)C2)n1. The molecule has 4 N–H and O–H groups in total. The summed E-state index contributed by atoms with van der Waals surface area (Å²) in [4.78, 5) is 18.2. The fraction of sp³-hybridized carbons (Fsp3) is 0.429. The molecule has 8 nitrogen and oxygen atoms in total. The van der Waals surface area contributed by atoms with Gasteiger partial charge in [0.25, 0.3) is 0 Å². The van der Waals surface area contributed by atoms with E-state index < -0.39 is 0 Å². The van der Waals surface area contributed by atoms with Crippen molar-refractivity contribution in [2.24, 2.45) is 0 Å². The molecule has 1 saturated heterocycles. The Bertz CT molecular complexity index is 602. The second kappa shape index (κ2) is 6.63. The van der Waals surface area contributed by atoms with Gasteiger partial charge in [-0.25, -0.2) is 0 Å². The van der Waals surface area contributed by atoms with Gasteiger partial charge in [0.05, 0.1) is 19.3 Å². The number of pyridine rings is 1. The zero-order valence-electron chi connectivity index (χ0n) is 12.2. The molecule has 3 rings (SSSR count). The molecule has 0 spiro atoms. The Morgan fingerprint density at radius 2 is 1.86 bits per heavy atom. The highest BCUT2D eigenvalue weighted by molar-refractivity contribution is 5.25. The van der Waals surface area contributed by atoms with Crippen molar-refractivity contribution >= 4 is 11.9 Å². The highest BCUT2D eigenvalue weighted by Crippen LogP contribution is 2.16. The minimum absolute atomic E-state index is 0.159. The lowest BCUT2D eigenvalue weighted by Crippen LogP contribution is -2.24. The van der Waals surface area contributed by atoms with Gasteiger partial charge in [-0.3, -0.25) is 9.88 Å². The minimum atomic E-state index is 0.159. The van der Waals surface area contributed by atoms with Crippen LogP contribution < -0.4 is 11.5 Å². The van der Waals surface area contributed by atoms with Gasteiger partial charge in [0.2, 0.25) is 11.9 Å². The van der Waals surface area contributed by atoms with Gasteiger partial charge in [0.15, 0.2) is 0 Å². The second-order valence-corrected chi connectivity index (χ2v) is 5.28. The molecule has 0 aromatic carbocycles. The molecule has 0 saturated carbocycles. The smallest absolute Gasteiger partial charge is 0.225 e. The van der Waals surface area contributed by atoms with Crippen molar-refractivity contribution in [2.45, 2.75) is 25.7 Å². The zero-order valence-corrected chi connectivity index (χ0v) is 12.2. The number of likely N-dealkylation sites (tertiary alicyclic amines) is 1. The maximum absolute atomic E-state index is 5.93. The molecule has 8 heteroatoms. The van der Waals surface area contributed by atoms with Crippen LogP contribution in [0.3, 0.4) is 0 Å². The molecular formula is C14H19N7O. The molecule has 0 amide bonds. The number of aromatic nitrogens is 4. The molecule has 2 aromatic heterocycles. The van der Waals surface area contributed by atoms with Crippen LogP contribution in [0.4, 0.5) is 11.9 Å². The number of hydrogen-bond donors (Lipinski definition) is 2. The van der Waals surface area contributed by atoms with Crippen molar-refractivity contribution in [3.8, 4) is 0 Å². The molecule has 1 aliphatic heterocycles. The van der Waals surface area contributed by atoms with Crippen LogP contribution in [-0.4, -0.2) is 44.0 Å². The molecule has 1 aliphatic rings. The summed E-state index contributed by atoms with van der Waals surface area (Å²) in [7, 11) is 0. The average molecular weight is 301 g/mol. The van der Waals surface area contributed by atoms with E-state index in [9.17, 15) is 0 Å². The Balaban J connectivity index is 1.49. The van der Waals surface area contributed by atoms with Crippen molar-refractivity contribution in [3.05, 3.63) is 35.9 Å². The summed E-state index contributed by atoms with van der Waals surface area (Å²) in [6.07, 6.45) is 4.75. The van der Waals surface area contributed by atoms with Gasteiger partial charge in [-0.15, -0.1) is 0 Å². The lowest BCUT2D eigenvalue weighted by atomic mass is 10.3. The number of anilines is 2. The van der Waals surface area contributed by atoms with Crippen LogP contribution in [0.2, 0.25) is 0 Å². The molecule has 22 heavy (non-hydrogen) atoms. The standard InChI is InChI=1S/C14H19N7O/c15-13-18-12(19-14(16)20-13)8-21-6-3-11(7-21)22-9-10-1-4-17-5-2-10/h1-2,4-5,11H,3,6-9H2,(H4,15,16,18,19,20). The summed E-state index contributed by atoms with van der Waals surface area (Å²) in [6, 6.07) is 3.92. The number of hydrogen-bond acceptors (Lipinski definition) is 8. The highest BCUT2D eigenvalue weighted by atomic mass is 16.5. The first-order valence-corrected chi connectivity index (χ1v) is 7.18. The summed E-state index contributed by atoms with van der Waals surface area (Å²) in [5.41, 5.74) is 12.3. The normalized spacial score (nSPS) is 18.6. The van der Waals surface area contributed by atoms with E-state index >= 15 is 0 Å². The summed E-state index contributed by atoms with van der Waals surface area (Å²) in [5.74, 6) is 0.916. The first-order valence-electron chi connectivity index (χ1n) is 7.18. The predicted octanol–water partition coefficient (Wildman–Crippen LogP) is 0.222. The van der Waals surface area contributed by atoms with Crippen LogP contribution in [0.25, 0.3) is 0 Å². The van der Waals surface area contributed by atoms with E-state index in [0.29, 0.717) is 19.0 Å². The molecule has 1 unspecified atom stereocenters.